The van der Waals surface area contributed by atoms with Crippen LogP contribution in [-0.2, 0) is 16.0 Å². The first-order valence-electron chi connectivity index (χ1n) is 8.21. The molecule has 25 heavy (non-hydrogen) atoms. The molecule has 0 spiro atoms. The minimum absolute atomic E-state index is 0.0501. The normalized spacial score (nSPS) is 11.8. The van der Waals surface area contributed by atoms with Gasteiger partial charge in [-0.05, 0) is 48.1 Å². The van der Waals surface area contributed by atoms with E-state index < -0.39 is 0 Å². The maximum atomic E-state index is 11.0. The Bertz CT molecular complexity index is 671. The lowest BCUT2D eigenvalue weighted by atomic mass is 10.0. The first-order chi connectivity index (χ1) is 12.2. The van der Waals surface area contributed by atoms with Gasteiger partial charge in [0.05, 0.1) is 19.8 Å². The van der Waals surface area contributed by atoms with Gasteiger partial charge in [-0.1, -0.05) is 6.07 Å². The molecule has 5 nitrogen and oxygen atoms in total. The zero-order valence-corrected chi connectivity index (χ0v) is 15.7. The van der Waals surface area contributed by atoms with E-state index >= 15 is 0 Å². The Morgan fingerprint density at radius 1 is 1.20 bits per heavy atom. The molecule has 136 valence electrons. The molecule has 0 aliphatic heterocycles. The van der Waals surface area contributed by atoms with Gasteiger partial charge in [0.2, 0.25) is 6.41 Å². The molecule has 1 N–H and O–H groups in total. The van der Waals surface area contributed by atoms with Gasteiger partial charge in [0, 0.05) is 25.0 Å². The van der Waals surface area contributed by atoms with Crippen LogP contribution in [0, 0.1) is 6.92 Å². The lowest BCUT2D eigenvalue weighted by Crippen LogP contribution is -2.20. The minimum atomic E-state index is -0.0501. The summed E-state index contributed by atoms with van der Waals surface area (Å²) in [5.74, 6) is 1.41. The monoisotopic (exact) mass is 363 g/mol. The van der Waals surface area contributed by atoms with Crippen molar-refractivity contribution >= 4 is 17.7 Å². The summed E-state index contributed by atoms with van der Waals surface area (Å²) in [7, 11) is 3.30. The highest BCUT2D eigenvalue weighted by Gasteiger charge is 2.15. The van der Waals surface area contributed by atoms with Gasteiger partial charge >= 0.3 is 0 Å². The highest BCUT2D eigenvalue weighted by atomic mass is 32.1. The Balaban J connectivity index is 2.12. The molecule has 1 unspecified atom stereocenters. The third-order valence-electron chi connectivity index (χ3n) is 3.78. The number of carbonyl (C=O) groups excluding carboxylic acids is 1. The maximum Gasteiger partial charge on any atom is 0.207 e. The first kappa shape index (κ1) is 19.3. The topological polar surface area (TPSA) is 56.8 Å². The number of aryl methyl sites for hydroxylation is 1. The van der Waals surface area contributed by atoms with Crippen LogP contribution < -0.4 is 14.8 Å². The molecule has 0 saturated heterocycles. The van der Waals surface area contributed by atoms with E-state index in [0.29, 0.717) is 31.1 Å². The number of thiophene rings is 1. The summed E-state index contributed by atoms with van der Waals surface area (Å²) in [6, 6.07) is 7.94. The van der Waals surface area contributed by atoms with E-state index in [9.17, 15) is 4.79 Å². The second kappa shape index (κ2) is 10.1. The second-order valence-electron chi connectivity index (χ2n) is 5.75. The lowest BCUT2D eigenvalue weighted by molar-refractivity contribution is -0.110. The van der Waals surface area contributed by atoms with Crippen molar-refractivity contribution in [2.24, 2.45) is 0 Å². The van der Waals surface area contributed by atoms with E-state index in [1.807, 2.05) is 18.2 Å². The maximum absolute atomic E-state index is 11.0. The second-order valence-corrected chi connectivity index (χ2v) is 6.69. The van der Waals surface area contributed by atoms with Crippen LogP contribution in [0.15, 0.2) is 29.6 Å². The molecule has 0 fully saturated rings. The molecular formula is C19H25NO4S. The van der Waals surface area contributed by atoms with Crippen molar-refractivity contribution in [2.75, 3.05) is 27.4 Å². The Hall–Kier alpha value is -2.05. The van der Waals surface area contributed by atoms with Gasteiger partial charge in [0.15, 0.2) is 11.5 Å². The largest absolute Gasteiger partial charge is 0.493 e. The average molecular weight is 363 g/mol. The van der Waals surface area contributed by atoms with E-state index in [1.165, 1.54) is 5.56 Å². The molecule has 1 amide bonds. The third kappa shape index (κ3) is 5.76. The highest BCUT2D eigenvalue weighted by molar-refractivity contribution is 7.10. The van der Waals surface area contributed by atoms with Gasteiger partial charge in [-0.25, -0.2) is 0 Å². The molecule has 0 saturated carbocycles. The molecule has 0 aliphatic rings. The molecule has 2 rings (SSSR count). The van der Waals surface area contributed by atoms with Crippen molar-refractivity contribution in [2.45, 2.75) is 25.8 Å². The van der Waals surface area contributed by atoms with Gasteiger partial charge in [-0.3, -0.25) is 4.79 Å². The number of amides is 1. The zero-order chi connectivity index (χ0) is 18.1. The first-order valence-corrected chi connectivity index (χ1v) is 9.09. The van der Waals surface area contributed by atoms with Crippen LogP contribution in [0.3, 0.4) is 0 Å². The van der Waals surface area contributed by atoms with Crippen molar-refractivity contribution in [3.63, 3.8) is 0 Å². The van der Waals surface area contributed by atoms with E-state index in [-0.39, 0.29) is 6.04 Å². The van der Waals surface area contributed by atoms with Gasteiger partial charge in [0.25, 0.3) is 0 Å². The lowest BCUT2D eigenvalue weighted by Gasteiger charge is -2.17. The molecule has 2 aromatic rings. The quantitative estimate of drug-likeness (QED) is 0.490. The summed E-state index contributed by atoms with van der Waals surface area (Å²) >= 11 is 1.66. The fourth-order valence-electron chi connectivity index (χ4n) is 2.54. The van der Waals surface area contributed by atoms with Gasteiger partial charge in [-0.2, -0.15) is 0 Å². The summed E-state index contributed by atoms with van der Waals surface area (Å²) in [4.78, 5) is 12.1. The molecule has 1 atom stereocenters. The van der Waals surface area contributed by atoms with Crippen molar-refractivity contribution in [3.05, 3.63) is 45.6 Å². The summed E-state index contributed by atoms with van der Waals surface area (Å²) in [5, 5.41) is 5.00. The Labute approximate surface area is 152 Å². The summed E-state index contributed by atoms with van der Waals surface area (Å²) in [5.41, 5.74) is 2.28. The molecule has 1 aromatic carbocycles. The molecular weight excluding hydrogens is 338 g/mol. The number of carbonyl (C=O) groups is 1. The number of methoxy groups -OCH3 is 2. The number of nitrogens with one attached hydrogen (secondary N) is 1. The fraction of sp³-hybridized carbons (Fsp3) is 0.421. The van der Waals surface area contributed by atoms with Crippen molar-refractivity contribution in [1.29, 1.82) is 0 Å². The van der Waals surface area contributed by atoms with Gasteiger partial charge in [-0.15, -0.1) is 11.3 Å². The standard InChI is InChI=1S/C19H25NO4S/c1-14-9-19(25-12-14)16(20-13-21)10-15-5-6-17(23-3)18(11-15)24-8-4-7-22-2/h5-6,9,11-13,16H,4,7-8,10H2,1-3H3,(H,20,21). The van der Waals surface area contributed by atoms with E-state index in [4.69, 9.17) is 14.2 Å². The van der Waals surface area contributed by atoms with Crippen LogP contribution in [0.4, 0.5) is 0 Å². The predicted octanol–water partition coefficient (Wildman–Crippen LogP) is 3.51. The summed E-state index contributed by atoms with van der Waals surface area (Å²) in [6.45, 7) is 3.27. The van der Waals surface area contributed by atoms with Crippen LogP contribution in [0.2, 0.25) is 0 Å². The van der Waals surface area contributed by atoms with Gasteiger partial charge in [0.1, 0.15) is 0 Å². The van der Waals surface area contributed by atoms with Crippen molar-refractivity contribution < 1.29 is 19.0 Å². The number of hydrogen-bond donors (Lipinski definition) is 1. The molecule has 1 aromatic heterocycles. The number of benzene rings is 1. The smallest absolute Gasteiger partial charge is 0.207 e. The van der Waals surface area contributed by atoms with Crippen LogP contribution >= 0.6 is 11.3 Å². The summed E-state index contributed by atoms with van der Waals surface area (Å²) < 4.78 is 16.2. The number of rotatable bonds is 11. The van der Waals surface area contributed by atoms with Gasteiger partial charge < -0.3 is 19.5 Å². The minimum Gasteiger partial charge on any atom is -0.493 e. The fourth-order valence-corrected chi connectivity index (χ4v) is 3.50. The van der Waals surface area contributed by atoms with Crippen molar-refractivity contribution in [1.82, 2.24) is 5.32 Å². The molecule has 0 bridgehead atoms. The van der Waals surface area contributed by atoms with E-state index in [2.05, 4.69) is 23.7 Å². The SMILES string of the molecule is COCCCOc1cc(CC(NC=O)c2cc(C)cs2)ccc1OC. The van der Waals surface area contributed by atoms with Crippen molar-refractivity contribution in [3.8, 4) is 11.5 Å². The van der Waals surface area contributed by atoms with Crippen LogP contribution in [0.5, 0.6) is 11.5 Å². The number of hydrogen-bond acceptors (Lipinski definition) is 5. The predicted molar refractivity (Wildman–Crippen MR) is 99.7 cm³/mol. The van der Waals surface area contributed by atoms with Crippen LogP contribution in [0.25, 0.3) is 0 Å². The Kier molecular flexibility index (Phi) is 7.76. The Morgan fingerprint density at radius 3 is 2.68 bits per heavy atom. The average Bonchev–Trinajstić information content (AvgIpc) is 3.05. The molecule has 0 radical (unpaired) electrons. The zero-order valence-electron chi connectivity index (χ0n) is 14.9. The number of ether oxygens (including phenoxy) is 3. The van der Waals surface area contributed by atoms with Crippen LogP contribution in [0.1, 0.15) is 28.5 Å². The molecule has 1 heterocycles. The highest BCUT2D eigenvalue weighted by Crippen LogP contribution is 2.31. The summed E-state index contributed by atoms with van der Waals surface area (Å²) in [6.07, 6.45) is 2.26. The van der Waals surface area contributed by atoms with E-state index in [0.717, 1.165) is 23.3 Å². The van der Waals surface area contributed by atoms with Crippen LogP contribution in [-0.4, -0.2) is 33.8 Å². The molecule has 6 heteroatoms. The molecule has 0 aliphatic carbocycles. The third-order valence-corrected chi connectivity index (χ3v) is 4.95. The van der Waals surface area contributed by atoms with E-state index in [1.54, 1.807) is 25.6 Å². The Morgan fingerprint density at radius 2 is 2.04 bits per heavy atom.